The Morgan fingerprint density at radius 3 is 2.65 bits per heavy atom. The third kappa shape index (κ3) is 3.62. The van der Waals surface area contributed by atoms with Crippen LogP contribution in [0.2, 0.25) is 0 Å². The van der Waals surface area contributed by atoms with Crippen molar-refractivity contribution in [3.8, 4) is 0 Å². The number of alkyl halides is 2. The number of carbonyl (C=O) groups excluding carboxylic acids is 2. The highest BCUT2D eigenvalue weighted by molar-refractivity contribution is 5.96. The Kier molecular flexibility index (Phi) is 4.80. The fourth-order valence-corrected chi connectivity index (χ4v) is 1.62. The number of rotatable bonds is 5. The van der Waals surface area contributed by atoms with Gasteiger partial charge in [-0.2, -0.15) is 0 Å². The van der Waals surface area contributed by atoms with Crippen molar-refractivity contribution in [1.29, 1.82) is 0 Å². The molecule has 0 aromatic heterocycles. The first-order valence-electron chi connectivity index (χ1n) is 5.40. The Labute approximate surface area is 98.1 Å². The molecule has 0 aromatic carbocycles. The van der Waals surface area contributed by atoms with Gasteiger partial charge in [0.25, 0.3) is 6.43 Å². The Morgan fingerprint density at radius 1 is 1.41 bits per heavy atom. The SMILES string of the molecule is CC1NC(=O)C(C)N(CCOCC(F)F)C1=O. The van der Waals surface area contributed by atoms with Gasteiger partial charge in [-0.1, -0.05) is 0 Å². The lowest BCUT2D eigenvalue weighted by Gasteiger charge is -2.35. The van der Waals surface area contributed by atoms with Crippen LogP contribution in [-0.4, -0.2) is 55.0 Å². The number of hydrogen-bond acceptors (Lipinski definition) is 3. The second kappa shape index (κ2) is 5.90. The lowest BCUT2D eigenvalue weighted by molar-refractivity contribution is -0.149. The molecule has 0 aliphatic carbocycles. The van der Waals surface area contributed by atoms with Gasteiger partial charge in [0.1, 0.15) is 18.7 Å². The van der Waals surface area contributed by atoms with E-state index in [0.717, 1.165) is 0 Å². The Morgan fingerprint density at radius 2 is 2.06 bits per heavy atom. The van der Waals surface area contributed by atoms with Gasteiger partial charge in [-0.25, -0.2) is 8.78 Å². The highest BCUT2D eigenvalue weighted by Crippen LogP contribution is 2.09. The zero-order chi connectivity index (χ0) is 13.0. The summed E-state index contributed by atoms with van der Waals surface area (Å²) in [6, 6.07) is -1.16. The summed E-state index contributed by atoms with van der Waals surface area (Å²) >= 11 is 0. The van der Waals surface area contributed by atoms with Crippen LogP contribution in [0.3, 0.4) is 0 Å². The maximum atomic E-state index is 11.8. The van der Waals surface area contributed by atoms with Gasteiger partial charge in [-0.3, -0.25) is 9.59 Å². The molecule has 1 rings (SSSR count). The first-order chi connectivity index (χ1) is 7.93. The van der Waals surface area contributed by atoms with Crippen molar-refractivity contribution < 1.29 is 23.1 Å². The number of nitrogens with one attached hydrogen (secondary N) is 1. The molecule has 1 fully saturated rings. The normalized spacial score (nSPS) is 25.4. The summed E-state index contributed by atoms with van der Waals surface area (Å²) in [6.07, 6.45) is -2.52. The Balaban J connectivity index is 2.44. The van der Waals surface area contributed by atoms with E-state index >= 15 is 0 Å². The Hall–Kier alpha value is -1.24. The summed E-state index contributed by atoms with van der Waals surface area (Å²) in [4.78, 5) is 24.5. The monoisotopic (exact) mass is 250 g/mol. The summed E-state index contributed by atoms with van der Waals surface area (Å²) in [5, 5.41) is 2.53. The van der Waals surface area contributed by atoms with Gasteiger partial charge in [0.2, 0.25) is 11.8 Å². The minimum Gasteiger partial charge on any atom is -0.374 e. The third-order valence-corrected chi connectivity index (χ3v) is 2.58. The van der Waals surface area contributed by atoms with E-state index < -0.39 is 25.1 Å². The molecule has 2 atom stereocenters. The van der Waals surface area contributed by atoms with Gasteiger partial charge >= 0.3 is 0 Å². The maximum absolute atomic E-state index is 11.8. The van der Waals surface area contributed by atoms with E-state index in [9.17, 15) is 18.4 Å². The summed E-state index contributed by atoms with van der Waals surface area (Å²) in [5.41, 5.74) is 0. The molecule has 2 unspecified atom stereocenters. The fraction of sp³-hybridized carbons (Fsp3) is 0.800. The van der Waals surface area contributed by atoms with Crippen LogP contribution < -0.4 is 5.32 Å². The van der Waals surface area contributed by atoms with E-state index in [0.29, 0.717) is 0 Å². The molecule has 1 N–H and O–H groups in total. The maximum Gasteiger partial charge on any atom is 0.261 e. The standard InChI is InChI=1S/C10H16F2N2O3/c1-6-10(16)14(7(2)9(15)13-6)3-4-17-5-8(11)12/h6-8H,3-5H2,1-2H3,(H,13,15). The Bertz CT molecular complexity index is 299. The average Bonchev–Trinajstić information content (AvgIpc) is 2.25. The van der Waals surface area contributed by atoms with E-state index in [1.807, 2.05) is 0 Å². The van der Waals surface area contributed by atoms with Crippen LogP contribution in [0.15, 0.2) is 0 Å². The van der Waals surface area contributed by atoms with Crippen LogP contribution in [0, 0.1) is 0 Å². The van der Waals surface area contributed by atoms with Crippen LogP contribution in [0.4, 0.5) is 8.78 Å². The molecule has 0 radical (unpaired) electrons. The smallest absolute Gasteiger partial charge is 0.261 e. The summed E-state index contributed by atoms with van der Waals surface area (Å²) in [7, 11) is 0. The van der Waals surface area contributed by atoms with E-state index in [1.54, 1.807) is 13.8 Å². The molecule has 1 saturated heterocycles. The number of amides is 2. The largest absolute Gasteiger partial charge is 0.374 e. The number of halogens is 2. The number of ether oxygens (including phenoxy) is 1. The second-order valence-corrected chi connectivity index (χ2v) is 3.90. The predicted molar refractivity (Wildman–Crippen MR) is 55.6 cm³/mol. The van der Waals surface area contributed by atoms with Crippen molar-refractivity contribution in [2.75, 3.05) is 19.8 Å². The van der Waals surface area contributed by atoms with Crippen molar-refractivity contribution >= 4 is 11.8 Å². The van der Waals surface area contributed by atoms with E-state index in [-0.39, 0.29) is 25.0 Å². The van der Waals surface area contributed by atoms with Crippen molar-refractivity contribution in [3.63, 3.8) is 0 Å². The summed E-state index contributed by atoms with van der Waals surface area (Å²) < 4.78 is 28.3. The fourth-order valence-electron chi connectivity index (χ4n) is 1.62. The number of hydrogen-bond donors (Lipinski definition) is 1. The van der Waals surface area contributed by atoms with E-state index in [4.69, 9.17) is 0 Å². The highest BCUT2D eigenvalue weighted by atomic mass is 19.3. The van der Waals surface area contributed by atoms with Crippen molar-refractivity contribution in [3.05, 3.63) is 0 Å². The molecule has 1 heterocycles. The molecule has 7 heteroatoms. The first-order valence-corrected chi connectivity index (χ1v) is 5.40. The van der Waals surface area contributed by atoms with Gasteiger partial charge in [0, 0.05) is 6.54 Å². The molecule has 0 spiro atoms. The zero-order valence-corrected chi connectivity index (χ0v) is 9.78. The van der Waals surface area contributed by atoms with Crippen molar-refractivity contribution in [2.24, 2.45) is 0 Å². The number of carbonyl (C=O) groups is 2. The highest BCUT2D eigenvalue weighted by Gasteiger charge is 2.35. The van der Waals surface area contributed by atoms with E-state index in [2.05, 4.69) is 10.1 Å². The van der Waals surface area contributed by atoms with Gasteiger partial charge < -0.3 is 15.0 Å². The predicted octanol–water partition coefficient (Wildman–Crippen LogP) is 0.00350. The molecular weight excluding hydrogens is 234 g/mol. The molecule has 0 bridgehead atoms. The summed E-state index contributed by atoms with van der Waals surface area (Å²) in [6.45, 7) is 2.66. The van der Waals surface area contributed by atoms with Crippen LogP contribution in [0.5, 0.6) is 0 Å². The van der Waals surface area contributed by atoms with Crippen LogP contribution in [0.1, 0.15) is 13.8 Å². The lowest BCUT2D eigenvalue weighted by atomic mass is 10.1. The molecule has 2 amide bonds. The van der Waals surface area contributed by atoms with Gasteiger partial charge in [-0.05, 0) is 13.8 Å². The van der Waals surface area contributed by atoms with Crippen LogP contribution in [-0.2, 0) is 14.3 Å². The molecular formula is C10H16F2N2O3. The quantitative estimate of drug-likeness (QED) is 0.699. The van der Waals surface area contributed by atoms with Gasteiger partial charge in [-0.15, -0.1) is 0 Å². The second-order valence-electron chi connectivity index (χ2n) is 3.90. The van der Waals surface area contributed by atoms with Gasteiger partial charge in [0.05, 0.1) is 6.61 Å². The molecule has 98 valence electrons. The van der Waals surface area contributed by atoms with E-state index in [1.165, 1.54) is 4.90 Å². The summed E-state index contributed by atoms with van der Waals surface area (Å²) in [5.74, 6) is -0.469. The molecule has 17 heavy (non-hydrogen) atoms. The average molecular weight is 250 g/mol. The zero-order valence-electron chi connectivity index (χ0n) is 9.78. The number of nitrogens with zero attached hydrogens (tertiary/aromatic N) is 1. The molecule has 5 nitrogen and oxygen atoms in total. The molecule has 0 aromatic rings. The van der Waals surface area contributed by atoms with Crippen molar-refractivity contribution in [1.82, 2.24) is 10.2 Å². The number of piperazine rings is 1. The topological polar surface area (TPSA) is 58.6 Å². The first kappa shape index (κ1) is 13.8. The van der Waals surface area contributed by atoms with Gasteiger partial charge in [0.15, 0.2) is 0 Å². The minimum absolute atomic E-state index is 0.000417. The third-order valence-electron chi connectivity index (χ3n) is 2.58. The minimum atomic E-state index is -2.52. The van der Waals surface area contributed by atoms with Crippen LogP contribution >= 0.6 is 0 Å². The van der Waals surface area contributed by atoms with Crippen molar-refractivity contribution in [2.45, 2.75) is 32.4 Å². The van der Waals surface area contributed by atoms with Crippen LogP contribution in [0.25, 0.3) is 0 Å². The molecule has 0 saturated carbocycles. The molecule has 1 aliphatic rings. The molecule has 1 aliphatic heterocycles. The lowest BCUT2D eigenvalue weighted by Crippen LogP contribution is -2.61.